The molecule has 1 aliphatic rings. The van der Waals surface area contributed by atoms with E-state index >= 15 is 0 Å². The fourth-order valence-electron chi connectivity index (χ4n) is 2.37. The molecule has 0 aliphatic heterocycles. The minimum atomic E-state index is -0.392. The van der Waals surface area contributed by atoms with E-state index in [0.717, 1.165) is 17.7 Å². The van der Waals surface area contributed by atoms with Gasteiger partial charge in [-0.3, -0.25) is 0 Å². The van der Waals surface area contributed by atoms with Gasteiger partial charge in [-0.25, -0.2) is 0 Å². The van der Waals surface area contributed by atoms with E-state index < -0.39 is 5.54 Å². The number of hydrogen-bond acceptors (Lipinski definition) is 2. The molecular weight excluding hydrogens is 210 g/mol. The number of fused-ring (bicyclic) bond motifs is 1. The highest BCUT2D eigenvalue weighted by molar-refractivity contribution is 5.82. The monoisotopic (exact) mass is 225 g/mol. The largest absolute Gasteiger partial charge is 0.467 e. The normalized spacial score (nSPS) is 23.1. The molecule has 86 valence electrons. The average molecular weight is 225 g/mol. The second-order valence-electron chi connectivity index (χ2n) is 4.77. The van der Waals surface area contributed by atoms with E-state index in [1.165, 1.54) is 11.1 Å². The zero-order chi connectivity index (χ0) is 11.9. The van der Waals surface area contributed by atoms with Gasteiger partial charge >= 0.3 is 0 Å². The third-order valence-electron chi connectivity index (χ3n) is 3.29. The Morgan fingerprint density at radius 2 is 1.94 bits per heavy atom. The van der Waals surface area contributed by atoms with Crippen LogP contribution in [0.4, 0.5) is 0 Å². The summed E-state index contributed by atoms with van der Waals surface area (Å²) in [6, 6.07) is 12.3. The van der Waals surface area contributed by atoms with Crippen LogP contribution in [0.25, 0.3) is 5.57 Å². The first-order chi connectivity index (χ1) is 8.18. The van der Waals surface area contributed by atoms with Crippen molar-refractivity contribution in [2.45, 2.75) is 18.9 Å². The van der Waals surface area contributed by atoms with Crippen LogP contribution in [-0.2, 0) is 5.54 Å². The fourth-order valence-corrected chi connectivity index (χ4v) is 2.37. The summed E-state index contributed by atoms with van der Waals surface area (Å²) < 4.78 is 5.56. The highest BCUT2D eigenvalue weighted by Crippen LogP contribution is 2.39. The molecule has 1 aromatic heterocycles. The molecule has 0 amide bonds. The lowest BCUT2D eigenvalue weighted by Crippen LogP contribution is -2.34. The molecule has 1 heterocycles. The van der Waals surface area contributed by atoms with Crippen molar-refractivity contribution in [2.75, 3.05) is 0 Å². The third kappa shape index (κ3) is 1.61. The molecule has 17 heavy (non-hydrogen) atoms. The zero-order valence-corrected chi connectivity index (χ0v) is 9.81. The smallest absolute Gasteiger partial charge is 0.131 e. The lowest BCUT2D eigenvalue weighted by molar-refractivity contribution is 0.367. The summed E-state index contributed by atoms with van der Waals surface area (Å²) >= 11 is 0. The molecule has 0 radical (unpaired) electrons. The van der Waals surface area contributed by atoms with Gasteiger partial charge in [0.2, 0.25) is 0 Å². The Morgan fingerprint density at radius 3 is 2.71 bits per heavy atom. The van der Waals surface area contributed by atoms with Crippen LogP contribution < -0.4 is 5.73 Å². The van der Waals surface area contributed by atoms with E-state index in [-0.39, 0.29) is 0 Å². The van der Waals surface area contributed by atoms with Crippen LogP contribution in [0.15, 0.2) is 53.2 Å². The summed E-state index contributed by atoms with van der Waals surface area (Å²) in [6.45, 7) is 2.01. The topological polar surface area (TPSA) is 39.2 Å². The van der Waals surface area contributed by atoms with E-state index in [9.17, 15) is 0 Å². The maximum absolute atomic E-state index is 6.24. The number of rotatable bonds is 1. The molecule has 0 bridgehead atoms. The van der Waals surface area contributed by atoms with E-state index in [4.69, 9.17) is 10.2 Å². The summed E-state index contributed by atoms with van der Waals surface area (Å²) in [5, 5.41) is 0. The zero-order valence-electron chi connectivity index (χ0n) is 9.81. The summed E-state index contributed by atoms with van der Waals surface area (Å²) in [5.74, 6) is 0.888. The molecule has 2 heteroatoms. The summed E-state index contributed by atoms with van der Waals surface area (Å²) in [4.78, 5) is 0. The third-order valence-corrected chi connectivity index (χ3v) is 3.29. The van der Waals surface area contributed by atoms with Crippen LogP contribution in [0.2, 0.25) is 0 Å². The molecule has 0 saturated heterocycles. The van der Waals surface area contributed by atoms with E-state index in [1.807, 2.05) is 31.2 Å². The highest BCUT2D eigenvalue weighted by atomic mass is 16.3. The minimum Gasteiger partial charge on any atom is -0.467 e. The SMILES string of the molecule is CC1(N)CC=C(c2ccccc2)c2ccoc21. The fraction of sp³-hybridized carbons (Fsp3) is 0.200. The number of nitrogens with two attached hydrogens (primary N) is 1. The maximum atomic E-state index is 6.24. The summed E-state index contributed by atoms with van der Waals surface area (Å²) in [7, 11) is 0. The van der Waals surface area contributed by atoms with E-state index in [1.54, 1.807) is 6.26 Å². The number of furan rings is 1. The second-order valence-corrected chi connectivity index (χ2v) is 4.77. The molecule has 1 aromatic carbocycles. The van der Waals surface area contributed by atoms with E-state index in [2.05, 4.69) is 18.2 Å². The summed E-state index contributed by atoms with van der Waals surface area (Å²) in [5.41, 5.74) is 9.40. The van der Waals surface area contributed by atoms with Crippen LogP contribution in [-0.4, -0.2) is 0 Å². The Labute approximate surface area is 101 Å². The molecule has 1 unspecified atom stereocenters. The van der Waals surface area contributed by atoms with Gasteiger partial charge in [0, 0.05) is 5.56 Å². The van der Waals surface area contributed by atoms with E-state index in [0.29, 0.717) is 0 Å². The van der Waals surface area contributed by atoms with Gasteiger partial charge in [-0.15, -0.1) is 0 Å². The Morgan fingerprint density at radius 1 is 1.18 bits per heavy atom. The molecule has 2 aromatic rings. The standard InChI is InChI=1S/C15H15NO/c1-15(16)9-7-12(11-5-3-2-4-6-11)13-8-10-17-14(13)15/h2-8,10H,9,16H2,1H3. The van der Waals surface area contributed by atoms with Gasteiger partial charge < -0.3 is 10.2 Å². The van der Waals surface area contributed by atoms with Gasteiger partial charge in [-0.2, -0.15) is 0 Å². The molecule has 3 rings (SSSR count). The second kappa shape index (κ2) is 3.60. The van der Waals surface area contributed by atoms with Gasteiger partial charge in [0.1, 0.15) is 5.76 Å². The molecule has 1 aliphatic carbocycles. The average Bonchev–Trinajstić information content (AvgIpc) is 2.81. The lowest BCUT2D eigenvalue weighted by Gasteiger charge is -2.27. The maximum Gasteiger partial charge on any atom is 0.131 e. The first-order valence-corrected chi connectivity index (χ1v) is 5.81. The van der Waals surface area contributed by atoms with Crippen LogP contribution in [0.5, 0.6) is 0 Å². The van der Waals surface area contributed by atoms with Crippen molar-refractivity contribution in [1.82, 2.24) is 0 Å². The highest BCUT2D eigenvalue weighted by Gasteiger charge is 2.32. The van der Waals surface area contributed by atoms with Crippen molar-refractivity contribution in [3.05, 3.63) is 65.6 Å². The van der Waals surface area contributed by atoms with Crippen molar-refractivity contribution in [2.24, 2.45) is 5.73 Å². The Balaban J connectivity index is 2.14. The minimum absolute atomic E-state index is 0.392. The van der Waals surface area contributed by atoms with Crippen molar-refractivity contribution < 1.29 is 4.42 Å². The molecule has 0 saturated carbocycles. The molecule has 1 atom stereocenters. The van der Waals surface area contributed by atoms with Crippen LogP contribution in [0.3, 0.4) is 0 Å². The molecule has 0 spiro atoms. The Kier molecular flexibility index (Phi) is 2.20. The van der Waals surface area contributed by atoms with Gasteiger partial charge in [-0.05, 0) is 30.5 Å². The van der Waals surface area contributed by atoms with Crippen molar-refractivity contribution in [1.29, 1.82) is 0 Å². The Hall–Kier alpha value is -1.80. The first kappa shape index (κ1) is 10.4. The van der Waals surface area contributed by atoms with Crippen molar-refractivity contribution in [3.8, 4) is 0 Å². The lowest BCUT2D eigenvalue weighted by atomic mass is 9.82. The van der Waals surface area contributed by atoms with Crippen LogP contribution in [0.1, 0.15) is 30.2 Å². The quantitative estimate of drug-likeness (QED) is 0.808. The van der Waals surface area contributed by atoms with Gasteiger partial charge in [-0.1, -0.05) is 36.4 Å². The molecule has 2 N–H and O–H groups in total. The molecule has 2 nitrogen and oxygen atoms in total. The molecule has 0 fully saturated rings. The summed E-state index contributed by atoms with van der Waals surface area (Å²) in [6.07, 6.45) is 4.73. The van der Waals surface area contributed by atoms with Crippen molar-refractivity contribution >= 4 is 5.57 Å². The molecular formula is C15H15NO. The number of benzene rings is 1. The van der Waals surface area contributed by atoms with Crippen molar-refractivity contribution in [3.63, 3.8) is 0 Å². The predicted octanol–water partition coefficient (Wildman–Crippen LogP) is 3.29. The van der Waals surface area contributed by atoms with Crippen LogP contribution in [0, 0.1) is 0 Å². The van der Waals surface area contributed by atoms with Gasteiger partial charge in [0.15, 0.2) is 0 Å². The predicted molar refractivity (Wildman–Crippen MR) is 68.4 cm³/mol. The first-order valence-electron chi connectivity index (χ1n) is 5.81. The Bertz CT molecular complexity index is 564. The van der Waals surface area contributed by atoms with Crippen LogP contribution >= 0.6 is 0 Å². The number of hydrogen-bond donors (Lipinski definition) is 1. The van der Waals surface area contributed by atoms with Gasteiger partial charge in [0.05, 0.1) is 11.8 Å². The van der Waals surface area contributed by atoms with Gasteiger partial charge in [0.25, 0.3) is 0 Å².